The molecule has 0 saturated carbocycles. The van der Waals surface area contributed by atoms with Gasteiger partial charge in [-0.05, 0) is 62.3 Å². The van der Waals surface area contributed by atoms with Gasteiger partial charge in [-0.15, -0.1) is 0 Å². The minimum absolute atomic E-state index is 0.0281. The number of aromatic nitrogens is 2. The monoisotopic (exact) mass is 545 g/mol. The van der Waals surface area contributed by atoms with Crippen LogP contribution in [-0.4, -0.2) is 72.0 Å². The summed E-state index contributed by atoms with van der Waals surface area (Å²) in [7, 11) is 1.67. The number of piperazine rings is 1. The Bertz CT molecular complexity index is 1330. The summed E-state index contributed by atoms with van der Waals surface area (Å²) in [6, 6.07) is 14.0. The molecule has 1 aromatic heterocycles. The lowest BCUT2D eigenvalue weighted by atomic mass is 10.0. The molecule has 0 spiro atoms. The van der Waals surface area contributed by atoms with E-state index in [4.69, 9.17) is 27.0 Å². The fourth-order valence-corrected chi connectivity index (χ4v) is 5.48. The van der Waals surface area contributed by atoms with Gasteiger partial charge in [0.05, 0.1) is 24.3 Å². The molecule has 39 heavy (non-hydrogen) atoms. The minimum atomic E-state index is 0.0281. The van der Waals surface area contributed by atoms with Crippen molar-refractivity contribution in [2.24, 2.45) is 0 Å². The van der Waals surface area contributed by atoms with Gasteiger partial charge in [0.25, 0.3) is 0 Å². The Morgan fingerprint density at radius 2 is 1.95 bits per heavy atom. The summed E-state index contributed by atoms with van der Waals surface area (Å²) < 4.78 is 12.1. The van der Waals surface area contributed by atoms with E-state index in [-0.39, 0.29) is 6.10 Å². The quantitative estimate of drug-likeness (QED) is 0.429. The van der Waals surface area contributed by atoms with E-state index < -0.39 is 0 Å². The van der Waals surface area contributed by atoms with E-state index in [9.17, 15) is 0 Å². The van der Waals surface area contributed by atoms with Gasteiger partial charge in [0, 0.05) is 50.2 Å². The van der Waals surface area contributed by atoms with Gasteiger partial charge in [0.1, 0.15) is 18.2 Å². The molecule has 0 aliphatic carbocycles. The lowest BCUT2D eigenvalue weighted by Crippen LogP contribution is -2.51. The maximum absolute atomic E-state index is 8.97. The Labute approximate surface area is 235 Å². The second-order valence-electron chi connectivity index (χ2n) is 10.0. The first-order chi connectivity index (χ1) is 19.1. The standard InChI is InChI=1S/C29H35N7O2S/c1-20(24-5-3-4-10-31-24)38-27-16-25-23(15-26(27)37-2)28(34-19-33-25)35-11-13-36(14-12-35)29(39)32-18-22-8-6-21(17-30)7-9-22/h6-9,15-16,19-20,24,31H,3-5,10-14,18H2,1-2H3,(H,32,39). The number of nitriles is 1. The van der Waals surface area contributed by atoms with Crippen LogP contribution in [0.4, 0.5) is 5.82 Å². The first kappa shape index (κ1) is 26.9. The highest BCUT2D eigenvalue weighted by Crippen LogP contribution is 2.36. The lowest BCUT2D eigenvalue weighted by Gasteiger charge is -2.37. The fraction of sp³-hybridized carbons (Fsp3) is 0.448. The number of hydrogen-bond donors (Lipinski definition) is 2. The summed E-state index contributed by atoms with van der Waals surface area (Å²) in [6.45, 7) is 6.92. The molecule has 2 unspecified atom stereocenters. The number of nitrogens with one attached hydrogen (secondary N) is 2. The number of ether oxygens (including phenoxy) is 2. The molecule has 3 aromatic rings. The van der Waals surface area contributed by atoms with Crippen LogP contribution in [0.1, 0.15) is 37.3 Å². The topological polar surface area (TPSA) is 98.6 Å². The van der Waals surface area contributed by atoms with Crippen molar-refractivity contribution in [2.45, 2.75) is 44.9 Å². The Balaban J connectivity index is 1.23. The molecular formula is C29H35N7O2S. The van der Waals surface area contributed by atoms with Crippen molar-refractivity contribution in [3.63, 3.8) is 0 Å². The Morgan fingerprint density at radius 1 is 1.15 bits per heavy atom. The number of hydrogen-bond acceptors (Lipinski definition) is 8. The van der Waals surface area contributed by atoms with Crippen molar-refractivity contribution in [1.82, 2.24) is 25.5 Å². The minimum Gasteiger partial charge on any atom is -0.493 e. The van der Waals surface area contributed by atoms with Crippen molar-refractivity contribution in [1.29, 1.82) is 5.26 Å². The summed E-state index contributed by atoms with van der Waals surface area (Å²) in [4.78, 5) is 13.7. The highest BCUT2D eigenvalue weighted by atomic mass is 32.1. The van der Waals surface area contributed by atoms with Crippen LogP contribution in [0.5, 0.6) is 11.5 Å². The van der Waals surface area contributed by atoms with Crippen molar-refractivity contribution < 1.29 is 9.47 Å². The van der Waals surface area contributed by atoms with Gasteiger partial charge in [-0.3, -0.25) is 0 Å². The van der Waals surface area contributed by atoms with Gasteiger partial charge in [-0.1, -0.05) is 18.6 Å². The molecule has 204 valence electrons. The third kappa shape index (κ3) is 6.32. The van der Waals surface area contributed by atoms with Gasteiger partial charge in [-0.2, -0.15) is 5.26 Å². The number of anilines is 1. The van der Waals surface area contributed by atoms with E-state index in [0.29, 0.717) is 29.6 Å². The zero-order valence-electron chi connectivity index (χ0n) is 22.5. The van der Waals surface area contributed by atoms with Crippen molar-refractivity contribution in [3.05, 3.63) is 53.9 Å². The average Bonchev–Trinajstić information content (AvgIpc) is 3.00. The summed E-state index contributed by atoms with van der Waals surface area (Å²) in [5.74, 6) is 2.29. The molecule has 2 fully saturated rings. The normalized spacial score (nSPS) is 18.3. The molecule has 5 rings (SSSR count). The summed E-state index contributed by atoms with van der Waals surface area (Å²) in [6.07, 6.45) is 5.21. The Morgan fingerprint density at radius 3 is 2.64 bits per heavy atom. The van der Waals surface area contributed by atoms with Gasteiger partial charge < -0.3 is 29.9 Å². The van der Waals surface area contributed by atoms with E-state index in [2.05, 4.69) is 43.4 Å². The SMILES string of the molecule is COc1cc2c(N3CCN(C(=S)NCc4ccc(C#N)cc4)CC3)ncnc2cc1OC(C)C1CCCCN1. The van der Waals surface area contributed by atoms with Crippen LogP contribution in [0.15, 0.2) is 42.7 Å². The van der Waals surface area contributed by atoms with E-state index in [0.717, 1.165) is 66.5 Å². The molecule has 9 nitrogen and oxygen atoms in total. The van der Waals surface area contributed by atoms with Crippen molar-refractivity contribution >= 4 is 34.1 Å². The molecule has 2 atom stereocenters. The number of rotatable bonds is 7. The number of methoxy groups -OCH3 is 1. The van der Waals surface area contributed by atoms with Gasteiger partial charge in [0.15, 0.2) is 16.6 Å². The number of piperidine rings is 1. The summed E-state index contributed by atoms with van der Waals surface area (Å²) >= 11 is 5.67. The molecule has 0 radical (unpaired) electrons. The predicted octanol–water partition coefficient (Wildman–Crippen LogP) is 3.62. The van der Waals surface area contributed by atoms with E-state index in [1.165, 1.54) is 12.8 Å². The number of thiocarbonyl (C=S) groups is 1. The second kappa shape index (κ2) is 12.5. The van der Waals surface area contributed by atoms with Crippen LogP contribution in [0.3, 0.4) is 0 Å². The molecule has 10 heteroatoms. The first-order valence-electron chi connectivity index (χ1n) is 13.6. The molecular weight excluding hydrogens is 510 g/mol. The molecule has 2 aliphatic rings. The predicted molar refractivity (Wildman–Crippen MR) is 156 cm³/mol. The molecule has 2 N–H and O–H groups in total. The molecule has 0 amide bonds. The Hall–Kier alpha value is -3.68. The van der Waals surface area contributed by atoms with Gasteiger partial charge in [-0.25, -0.2) is 9.97 Å². The van der Waals surface area contributed by atoms with Crippen LogP contribution in [0.25, 0.3) is 10.9 Å². The van der Waals surface area contributed by atoms with Crippen molar-refractivity contribution in [3.8, 4) is 17.6 Å². The van der Waals surface area contributed by atoms with E-state index in [1.807, 2.05) is 36.4 Å². The Kier molecular flexibility index (Phi) is 8.59. The molecule has 2 saturated heterocycles. The number of fused-ring (bicyclic) bond motifs is 1. The third-order valence-corrected chi connectivity index (χ3v) is 7.92. The summed E-state index contributed by atoms with van der Waals surface area (Å²) in [5.41, 5.74) is 2.58. The maximum atomic E-state index is 8.97. The van der Waals surface area contributed by atoms with Crippen molar-refractivity contribution in [2.75, 3.05) is 44.7 Å². The fourth-order valence-electron chi connectivity index (χ4n) is 5.22. The summed E-state index contributed by atoms with van der Waals surface area (Å²) in [5, 5.41) is 17.6. The highest BCUT2D eigenvalue weighted by molar-refractivity contribution is 7.80. The van der Waals surface area contributed by atoms with Gasteiger partial charge >= 0.3 is 0 Å². The van der Waals surface area contributed by atoms with Crippen LogP contribution in [0.2, 0.25) is 0 Å². The van der Waals surface area contributed by atoms with Crippen LogP contribution in [0, 0.1) is 11.3 Å². The third-order valence-electron chi connectivity index (χ3n) is 7.52. The van der Waals surface area contributed by atoms with E-state index in [1.54, 1.807) is 13.4 Å². The number of benzene rings is 2. The van der Waals surface area contributed by atoms with Crippen LogP contribution in [-0.2, 0) is 6.54 Å². The lowest BCUT2D eigenvalue weighted by molar-refractivity contribution is 0.148. The molecule has 2 aromatic carbocycles. The largest absolute Gasteiger partial charge is 0.493 e. The van der Waals surface area contributed by atoms with Gasteiger partial charge in [0.2, 0.25) is 0 Å². The molecule has 2 aliphatic heterocycles. The smallest absolute Gasteiger partial charge is 0.169 e. The zero-order chi connectivity index (χ0) is 27.2. The highest BCUT2D eigenvalue weighted by Gasteiger charge is 2.25. The number of nitrogens with zero attached hydrogens (tertiary/aromatic N) is 5. The van der Waals surface area contributed by atoms with Crippen LogP contribution >= 0.6 is 12.2 Å². The first-order valence-corrected chi connectivity index (χ1v) is 14.0. The van der Waals surface area contributed by atoms with Crippen LogP contribution < -0.4 is 25.0 Å². The second-order valence-corrected chi connectivity index (χ2v) is 10.4. The average molecular weight is 546 g/mol. The molecule has 0 bridgehead atoms. The van der Waals surface area contributed by atoms with E-state index >= 15 is 0 Å². The molecule has 3 heterocycles. The zero-order valence-corrected chi connectivity index (χ0v) is 23.3. The maximum Gasteiger partial charge on any atom is 0.169 e.